The zero-order valence-electron chi connectivity index (χ0n) is 11.8. The van der Waals surface area contributed by atoms with Gasteiger partial charge in [0.1, 0.15) is 5.75 Å². The van der Waals surface area contributed by atoms with E-state index in [1.807, 2.05) is 42.1 Å². The first kappa shape index (κ1) is 13.7. The number of ketones is 1. The molecule has 0 unspecified atom stereocenters. The van der Waals surface area contributed by atoms with Gasteiger partial charge in [0, 0.05) is 34.7 Å². The van der Waals surface area contributed by atoms with E-state index >= 15 is 0 Å². The van der Waals surface area contributed by atoms with Crippen LogP contribution in [-0.4, -0.2) is 17.5 Å². The predicted molar refractivity (Wildman–Crippen MR) is 84.4 cm³/mol. The Bertz CT molecular complexity index is 836. The van der Waals surface area contributed by atoms with Crippen molar-refractivity contribution in [3.05, 3.63) is 64.8 Å². The fourth-order valence-electron chi connectivity index (χ4n) is 2.52. The summed E-state index contributed by atoms with van der Waals surface area (Å²) in [6.07, 6.45) is 1.83. The van der Waals surface area contributed by atoms with Crippen LogP contribution in [0.4, 0.5) is 0 Å². The van der Waals surface area contributed by atoms with E-state index in [-0.39, 0.29) is 5.78 Å². The first-order chi connectivity index (χ1) is 10.1. The smallest absolute Gasteiger partial charge is 0.198 e. The van der Waals surface area contributed by atoms with Crippen molar-refractivity contribution in [3.63, 3.8) is 0 Å². The molecule has 0 N–H and O–H groups in total. The average molecular weight is 300 g/mol. The number of carbonyl (C=O) groups excluding carboxylic acids is 1. The number of rotatable bonds is 3. The van der Waals surface area contributed by atoms with E-state index in [9.17, 15) is 4.79 Å². The lowest BCUT2D eigenvalue weighted by Crippen LogP contribution is -2.03. The molecule has 0 aliphatic rings. The lowest BCUT2D eigenvalue weighted by atomic mass is 10.0. The van der Waals surface area contributed by atoms with Crippen molar-refractivity contribution < 1.29 is 9.53 Å². The van der Waals surface area contributed by atoms with Crippen molar-refractivity contribution in [2.45, 2.75) is 0 Å². The normalized spacial score (nSPS) is 10.8. The molecule has 3 rings (SSSR count). The molecule has 3 aromatic rings. The minimum Gasteiger partial charge on any atom is -0.496 e. The second-order valence-corrected chi connectivity index (χ2v) is 5.28. The number of hydrogen-bond acceptors (Lipinski definition) is 2. The minimum atomic E-state index is -0.0552. The Morgan fingerprint density at radius 3 is 2.67 bits per heavy atom. The van der Waals surface area contributed by atoms with Crippen LogP contribution < -0.4 is 4.74 Å². The average Bonchev–Trinajstić information content (AvgIpc) is 2.83. The maximum absolute atomic E-state index is 12.8. The van der Waals surface area contributed by atoms with Gasteiger partial charge >= 0.3 is 0 Å². The highest BCUT2D eigenvalue weighted by molar-refractivity contribution is 6.31. The quantitative estimate of drug-likeness (QED) is 0.683. The molecule has 0 amide bonds. The summed E-state index contributed by atoms with van der Waals surface area (Å²) in [7, 11) is 3.46. The molecule has 21 heavy (non-hydrogen) atoms. The molecular formula is C17H14ClNO2. The van der Waals surface area contributed by atoms with Crippen LogP contribution in [0.1, 0.15) is 15.9 Å². The van der Waals surface area contributed by atoms with Gasteiger partial charge in [0.05, 0.1) is 12.7 Å². The number of nitrogens with zero attached hydrogens (tertiary/aromatic N) is 1. The molecule has 3 nitrogen and oxygen atoms in total. The summed E-state index contributed by atoms with van der Waals surface area (Å²) in [6.45, 7) is 0. The number of halogens is 1. The van der Waals surface area contributed by atoms with Crippen molar-refractivity contribution in [1.82, 2.24) is 4.57 Å². The van der Waals surface area contributed by atoms with Crippen LogP contribution in [0.5, 0.6) is 5.75 Å². The Morgan fingerprint density at radius 2 is 1.90 bits per heavy atom. The Balaban J connectivity index is 2.19. The topological polar surface area (TPSA) is 31.2 Å². The first-order valence-corrected chi connectivity index (χ1v) is 6.92. The molecular weight excluding hydrogens is 286 g/mol. The lowest BCUT2D eigenvalue weighted by Gasteiger charge is -2.06. The number of methoxy groups -OCH3 is 1. The van der Waals surface area contributed by atoms with Crippen LogP contribution >= 0.6 is 11.6 Å². The van der Waals surface area contributed by atoms with Crippen LogP contribution in [0.25, 0.3) is 10.9 Å². The van der Waals surface area contributed by atoms with Crippen molar-refractivity contribution >= 4 is 28.3 Å². The molecule has 0 saturated carbocycles. The van der Waals surface area contributed by atoms with Gasteiger partial charge in [0.15, 0.2) is 5.78 Å². The number of aromatic nitrogens is 1. The Morgan fingerprint density at radius 1 is 1.14 bits per heavy atom. The molecule has 0 aliphatic carbocycles. The van der Waals surface area contributed by atoms with E-state index in [4.69, 9.17) is 16.3 Å². The number of benzene rings is 2. The molecule has 1 heterocycles. The number of ether oxygens (including phenoxy) is 1. The summed E-state index contributed by atoms with van der Waals surface area (Å²) in [4.78, 5) is 12.8. The molecule has 0 spiro atoms. The van der Waals surface area contributed by atoms with Crippen LogP contribution in [0.2, 0.25) is 5.02 Å². The fourth-order valence-corrected chi connectivity index (χ4v) is 2.68. The van der Waals surface area contributed by atoms with E-state index in [0.717, 1.165) is 10.9 Å². The van der Waals surface area contributed by atoms with Gasteiger partial charge in [-0.3, -0.25) is 4.79 Å². The molecule has 0 bridgehead atoms. The summed E-state index contributed by atoms with van der Waals surface area (Å²) in [5.41, 5.74) is 2.14. The van der Waals surface area contributed by atoms with Gasteiger partial charge in [-0.25, -0.2) is 0 Å². The van der Waals surface area contributed by atoms with E-state index in [1.165, 1.54) is 0 Å². The van der Waals surface area contributed by atoms with E-state index in [1.54, 1.807) is 25.3 Å². The Kier molecular flexibility index (Phi) is 3.43. The van der Waals surface area contributed by atoms with Gasteiger partial charge in [-0.2, -0.15) is 0 Å². The van der Waals surface area contributed by atoms with Gasteiger partial charge in [0.25, 0.3) is 0 Å². The third kappa shape index (κ3) is 2.30. The van der Waals surface area contributed by atoms with Crippen LogP contribution in [0.3, 0.4) is 0 Å². The summed E-state index contributed by atoms with van der Waals surface area (Å²) < 4.78 is 7.18. The standard InChI is InChI=1S/C17H14ClNO2/c1-19-10-14(12-8-7-11(18)9-15(12)19)17(20)13-5-3-4-6-16(13)21-2/h3-10H,1-2H3. The van der Waals surface area contributed by atoms with Gasteiger partial charge in [-0.15, -0.1) is 0 Å². The van der Waals surface area contributed by atoms with Crippen LogP contribution in [-0.2, 0) is 7.05 Å². The summed E-state index contributed by atoms with van der Waals surface area (Å²) >= 11 is 6.03. The van der Waals surface area contributed by atoms with Crippen molar-refractivity contribution in [1.29, 1.82) is 0 Å². The van der Waals surface area contributed by atoms with Gasteiger partial charge in [0.2, 0.25) is 0 Å². The highest BCUT2D eigenvalue weighted by atomic mass is 35.5. The number of carbonyl (C=O) groups is 1. The Hall–Kier alpha value is -2.26. The third-order valence-electron chi connectivity index (χ3n) is 3.55. The molecule has 0 aliphatic heterocycles. The summed E-state index contributed by atoms with van der Waals surface area (Å²) in [6, 6.07) is 12.8. The summed E-state index contributed by atoms with van der Waals surface area (Å²) in [5.74, 6) is 0.522. The number of fused-ring (bicyclic) bond motifs is 1. The van der Waals surface area contributed by atoms with Crippen LogP contribution in [0.15, 0.2) is 48.7 Å². The highest BCUT2D eigenvalue weighted by Crippen LogP contribution is 2.28. The van der Waals surface area contributed by atoms with Gasteiger partial charge < -0.3 is 9.30 Å². The third-order valence-corrected chi connectivity index (χ3v) is 3.78. The van der Waals surface area contributed by atoms with E-state index in [2.05, 4.69) is 0 Å². The molecule has 0 saturated heterocycles. The largest absolute Gasteiger partial charge is 0.496 e. The maximum atomic E-state index is 12.8. The zero-order valence-corrected chi connectivity index (χ0v) is 12.5. The fraction of sp³-hybridized carbons (Fsp3) is 0.118. The second kappa shape index (κ2) is 5.26. The predicted octanol–water partition coefficient (Wildman–Crippen LogP) is 4.07. The molecule has 0 radical (unpaired) electrons. The lowest BCUT2D eigenvalue weighted by molar-refractivity contribution is 0.103. The van der Waals surface area contributed by atoms with E-state index in [0.29, 0.717) is 21.9 Å². The molecule has 0 fully saturated rings. The number of hydrogen-bond donors (Lipinski definition) is 0. The van der Waals surface area contributed by atoms with Crippen molar-refractivity contribution in [2.75, 3.05) is 7.11 Å². The summed E-state index contributed by atoms with van der Waals surface area (Å²) in [5, 5.41) is 1.54. The number of aryl methyl sites for hydroxylation is 1. The van der Waals surface area contributed by atoms with Crippen LogP contribution in [0, 0.1) is 0 Å². The monoisotopic (exact) mass is 299 g/mol. The van der Waals surface area contributed by atoms with Gasteiger partial charge in [-0.05, 0) is 24.3 Å². The second-order valence-electron chi connectivity index (χ2n) is 4.84. The van der Waals surface area contributed by atoms with Crippen molar-refractivity contribution in [3.8, 4) is 5.75 Å². The van der Waals surface area contributed by atoms with E-state index < -0.39 is 0 Å². The molecule has 1 aromatic heterocycles. The number of para-hydroxylation sites is 1. The Labute approximate surface area is 127 Å². The van der Waals surface area contributed by atoms with Crippen molar-refractivity contribution in [2.24, 2.45) is 7.05 Å². The minimum absolute atomic E-state index is 0.0552. The maximum Gasteiger partial charge on any atom is 0.198 e. The molecule has 0 atom stereocenters. The molecule has 2 aromatic carbocycles. The zero-order chi connectivity index (χ0) is 15.0. The molecule has 4 heteroatoms. The first-order valence-electron chi connectivity index (χ1n) is 6.54. The van der Waals surface area contributed by atoms with Gasteiger partial charge in [-0.1, -0.05) is 29.8 Å². The SMILES string of the molecule is COc1ccccc1C(=O)c1cn(C)c2cc(Cl)ccc12. The highest BCUT2D eigenvalue weighted by Gasteiger charge is 2.18. The molecule has 106 valence electrons.